The van der Waals surface area contributed by atoms with Gasteiger partial charge in [-0.15, -0.1) is 0 Å². The number of carboxylic acids is 1. The number of hydrogen-bond donors (Lipinski definition) is 2. The fourth-order valence-electron chi connectivity index (χ4n) is 2.78. The van der Waals surface area contributed by atoms with Crippen LogP contribution in [-0.4, -0.2) is 41.0 Å². The lowest BCUT2D eigenvalue weighted by Crippen LogP contribution is -2.52. The highest BCUT2D eigenvalue weighted by Crippen LogP contribution is 2.35. The van der Waals surface area contributed by atoms with E-state index < -0.39 is 17.4 Å². The highest BCUT2D eigenvalue weighted by atomic mass is 16.4. The molecule has 5 nitrogen and oxygen atoms in total. The number of carbonyl (C=O) groups is 2. The van der Waals surface area contributed by atoms with E-state index in [0.29, 0.717) is 25.9 Å². The van der Waals surface area contributed by atoms with Crippen molar-refractivity contribution in [1.29, 1.82) is 0 Å². The molecule has 0 aliphatic carbocycles. The Morgan fingerprint density at radius 3 is 2.25 bits per heavy atom. The van der Waals surface area contributed by atoms with Gasteiger partial charge in [-0.25, -0.2) is 0 Å². The summed E-state index contributed by atoms with van der Waals surface area (Å²) in [5, 5.41) is 9.65. The number of hydrogen-bond acceptors (Lipinski definition) is 3. The molecule has 1 aromatic rings. The van der Waals surface area contributed by atoms with E-state index in [1.807, 2.05) is 30.3 Å². The van der Waals surface area contributed by atoms with Gasteiger partial charge in [-0.05, 0) is 25.3 Å². The molecule has 1 atom stereocenters. The summed E-state index contributed by atoms with van der Waals surface area (Å²) in [6.45, 7) is 2.52. The van der Waals surface area contributed by atoms with Crippen molar-refractivity contribution in [3.05, 3.63) is 35.9 Å². The lowest BCUT2D eigenvalue weighted by Gasteiger charge is -2.39. The lowest BCUT2D eigenvalue weighted by molar-refractivity contribution is -0.148. The predicted molar refractivity (Wildman–Crippen MR) is 75.2 cm³/mol. The maximum atomic E-state index is 11.9. The third-order valence-electron chi connectivity index (χ3n) is 4.05. The predicted octanol–water partition coefficient (Wildman–Crippen LogP) is 0.979. The Morgan fingerprint density at radius 1 is 1.25 bits per heavy atom. The third kappa shape index (κ3) is 2.54. The average Bonchev–Trinajstić information content (AvgIpc) is 2.47. The molecule has 1 aliphatic heterocycles. The highest BCUT2D eigenvalue weighted by Gasteiger charge is 2.43. The van der Waals surface area contributed by atoms with Crippen LogP contribution in [-0.2, 0) is 15.0 Å². The average molecular weight is 276 g/mol. The van der Waals surface area contributed by atoms with E-state index in [1.165, 1.54) is 0 Å². The maximum Gasteiger partial charge on any atom is 0.314 e. The van der Waals surface area contributed by atoms with Crippen LogP contribution in [0.25, 0.3) is 0 Å². The van der Waals surface area contributed by atoms with Crippen LogP contribution in [0, 0.1) is 0 Å². The number of amides is 1. The van der Waals surface area contributed by atoms with Crippen LogP contribution >= 0.6 is 0 Å². The standard InChI is InChI=1S/C15H20N2O3/c1-11(16)13(18)17-9-7-15(8-10-17,14(19)20)12-5-3-2-4-6-12/h2-6,11H,7-10,16H2,1H3,(H,19,20)/t11-/m1/s1. The molecular weight excluding hydrogens is 256 g/mol. The van der Waals surface area contributed by atoms with E-state index in [-0.39, 0.29) is 5.91 Å². The number of carbonyl (C=O) groups excluding carboxylic acids is 1. The number of piperidine rings is 1. The van der Waals surface area contributed by atoms with Crippen LogP contribution < -0.4 is 5.73 Å². The molecule has 1 aliphatic rings. The number of nitrogens with zero attached hydrogens (tertiary/aromatic N) is 1. The Balaban J connectivity index is 2.20. The fourth-order valence-corrected chi connectivity index (χ4v) is 2.78. The number of nitrogens with two attached hydrogens (primary N) is 1. The lowest BCUT2D eigenvalue weighted by atomic mass is 9.73. The smallest absolute Gasteiger partial charge is 0.314 e. The molecule has 3 N–H and O–H groups in total. The first kappa shape index (κ1) is 14.5. The largest absolute Gasteiger partial charge is 0.481 e. The molecule has 1 saturated heterocycles. The van der Waals surface area contributed by atoms with Crippen molar-refractivity contribution in [3.8, 4) is 0 Å². The molecule has 108 valence electrons. The molecule has 0 aromatic heterocycles. The third-order valence-corrected chi connectivity index (χ3v) is 4.05. The molecule has 0 unspecified atom stereocenters. The van der Waals surface area contributed by atoms with Crippen LogP contribution in [0.15, 0.2) is 30.3 Å². The molecule has 0 bridgehead atoms. The van der Waals surface area contributed by atoms with E-state index in [0.717, 1.165) is 5.56 Å². The molecule has 2 rings (SSSR count). The van der Waals surface area contributed by atoms with Gasteiger partial charge in [-0.3, -0.25) is 9.59 Å². The van der Waals surface area contributed by atoms with E-state index in [1.54, 1.807) is 11.8 Å². The molecule has 1 aromatic carbocycles. The van der Waals surface area contributed by atoms with Gasteiger partial charge in [0, 0.05) is 13.1 Å². The van der Waals surface area contributed by atoms with Crippen LogP contribution in [0.1, 0.15) is 25.3 Å². The topological polar surface area (TPSA) is 83.6 Å². The first-order valence-electron chi connectivity index (χ1n) is 6.81. The maximum absolute atomic E-state index is 11.9. The Bertz CT molecular complexity index is 491. The summed E-state index contributed by atoms with van der Waals surface area (Å²) in [6.07, 6.45) is 0.843. The van der Waals surface area contributed by atoms with Crippen molar-refractivity contribution < 1.29 is 14.7 Å². The number of aliphatic carboxylic acids is 1. The minimum atomic E-state index is -0.893. The summed E-state index contributed by atoms with van der Waals surface area (Å²) in [4.78, 5) is 25.3. The van der Waals surface area contributed by atoms with Crippen molar-refractivity contribution >= 4 is 11.9 Å². The van der Waals surface area contributed by atoms with Crippen molar-refractivity contribution in [2.75, 3.05) is 13.1 Å². The molecule has 0 radical (unpaired) electrons. The van der Waals surface area contributed by atoms with Gasteiger partial charge in [0.1, 0.15) is 0 Å². The number of benzene rings is 1. The Hall–Kier alpha value is -1.88. The molecule has 1 amide bonds. The number of likely N-dealkylation sites (tertiary alicyclic amines) is 1. The second-order valence-corrected chi connectivity index (χ2v) is 5.37. The Morgan fingerprint density at radius 2 is 1.80 bits per heavy atom. The summed E-state index contributed by atoms with van der Waals surface area (Å²) in [5.41, 5.74) is 5.51. The Kier molecular flexibility index (Phi) is 4.09. The van der Waals surface area contributed by atoms with Crippen LogP contribution in [0.5, 0.6) is 0 Å². The van der Waals surface area contributed by atoms with Gasteiger partial charge in [0.05, 0.1) is 11.5 Å². The first-order valence-corrected chi connectivity index (χ1v) is 6.81. The van der Waals surface area contributed by atoms with Gasteiger partial charge in [0.2, 0.25) is 5.91 Å². The van der Waals surface area contributed by atoms with E-state index >= 15 is 0 Å². The SMILES string of the molecule is C[C@@H](N)C(=O)N1CCC(C(=O)O)(c2ccccc2)CC1. The van der Waals surface area contributed by atoms with Gasteiger partial charge >= 0.3 is 5.97 Å². The summed E-state index contributed by atoms with van der Waals surface area (Å²) in [5.74, 6) is -0.936. The van der Waals surface area contributed by atoms with Gasteiger partial charge in [0.15, 0.2) is 0 Å². The van der Waals surface area contributed by atoms with Crippen LogP contribution in [0.4, 0.5) is 0 Å². The Labute approximate surface area is 118 Å². The van der Waals surface area contributed by atoms with E-state index in [2.05, 4.69) is 0 Å². The van der Waals surface area contributed by atoms with Crippen LogP contribution in [0.2, 0.25) is 0 Å². The van der Waals surface area contributed by atoms with Crippen molar-refractivity contribution in [2.45, 2.75) is 31.2 Å². The minimum Gasteiger partial charge on any atom is -0.481 e. The van der Waals surface area contributed by atoms with Crippen molar-refractivity contribution in [1.82, 2.24) is 4.90 Å². The summed E-state index contributed by atoms with van der Waals surface area (Å²) in [7, 11) is 0. The fraction of sp³-hybridized carbons (Fsp3) is 0.467. The normalized spacial score (nSPS) is 19.4. The molecule has 20 heavy (non-hydrogen) atoms. The highest BCUT2D eigenvalue weighted by molar-refractivity contribution is 5.84. The second-order valence-electron chi connectivity index (χ2n) is 5.37. The number of rotatable bonds is 3. The second kappa shape index (κ2) is 5.63. The summed E-state index contributed by atoms with van der Waals surface area (Å²) >= 11 is 0. The summed E-state index contributed by atoms with van der Waals surface area (Å²) in [6, 6.07) is 8.71. The van der Waals surface area contributed by atoms with Gasteiger partial charge < -0.3 is 15.7 Å². The molecule has 0 saturated carbocycles. The molecular formula is C15H20N2O3. The minimum absolute atomic E-state index is 0.114. The summed E-state index contributed by atoms with van der Waals surface area (Å²) < 4.78 is 0. The van der Waals surface area contributed by atoms with E-state index in [9.17, 15) is 14.7 Å². The first-order chi connectivity index (χ1) is 9.47. The molecule has 1 heterocycles. The van der Waals surface area contributed by atoms with Gasteiger partial charge in [-0.1, -0.05) is 30.3 Å². The number of carboxylic acid groups (broad SMARTS) is 1. The van der Waals surface area contributed by atoms with Gasteiger partial charge in [0.25, 0.3) is 0 Å². The zero-order valence-electron chi connectivity index (χ0n) is 11.6. The molecule has 5 heteroatoms. The van der Waals surface area contributed by atoms with Gasteiger partial charge in [-0.2, -0.15) is 0 Å². The molecule has 1 fully saturated rings. The van der Waals surface area contributed by atoms with Crippen molar-refractivity contribution in [2.24, 2.45) is 5.73 Å². The zero-order valence-corrected chi connectivity index (χ0v) is 11.6. The van der Waals surface area contributed by atoms with Crippen molar-refractivity contribution in [3.63, 3.8) is 0 Å². The molecule has 0 spiro atoms. The quantitative estimate of drug-likeness (QED) is 0.862. The van der Waals surface area contributed by atoms with E-state index in [4.69, 9.17) is 5.73 Å². The zero-order chi connectivity index (χ0) is 14.8. The van der Waals surface area contributed by atoms with Crippen LogP contribution in [0.3, 0.4) is 0 Å². The monoisotopic (exact) mass is 276 g/mol.